The highest BCUT2D eigenvalue weighted by Gasteiger charge is 2.22. The predicted octanol–water partition coefficient (Wildman–Crippen LogP) is 3.78. The smallest absolute Gasteiger partial charge is 0.243 e. The van der Waals surface area contributed by atoms with Crippen molar-refractivity contribution in [3.05, 3.63) is 64.7 Å². The lowest BCUT2D eigenvalue weighted by atomic mass is 10.1. The second-order valence-electron chi connectivity index (χ2n) is 6.74. The molecule has 2 amide bonds. The molecule has 2 aromatic carbocycles. The summed E-state index contributed by atoms with van der Waals surface area (Å²) in [5.41, 5.74) is 2.76. The van der Waals surface area contributed by atoms with Crippen LogP contribution in [0.25, 0.3) is 0 Å². The van der Waals surface area contributed by atoms with Crippen LogP contribution in [-0.4, -0.2) is 36.3 Å². The van der Waals surface area contributed by atoms with Gasteiger partial charge in [0.15, 0.2) is 0 Å². The third-order valence-electron chi connectivity index (χ3n) is 4.33. The van der Waals surface area contributed by atoms with E-state index in [1.165, 1.54) is 4.90 Å². The number of hydrogen-bond donors (Lipinski definition) is 2. The van der Waals surface area contributed by atoms with Crippen LogP contribution in [0.4, 0.5) is 5.69 Å². The first-order chi connectivity index (χ1) is 12.8. The van der Waals surface area contributed by atoms with Crippen molar-refractivity contribution in [3.63, 3.8) is 0 Å². The summed E-state index contributed by atoms with van der Waals surface area (Å²) in [7, 11) is 1.62. The van der Waals surface area contributed by atoms with Crippen molar-refractivity contribution < 1.29 is 9.59 Å². The molecule has 0 unspecified atom stereocenters. The molecule has 27 heavy (non-hydrogen) atoms. The summed E-state index contributed by atoms with van der Waals surface area (Å²) in [6.07, 6.45) is 0. The Kier molecular flexibility index (Phi) is 7.39. The predicted molar refractivity (Wildman–Crippen MR) is 110 cm³/mol. The summed E-state index contributed by atoms with van der Waals surface area (Å²) in [6, 6.07) is 14.5. The summed E-state index contributed by atoms with van der Waals surface area (Å²) < 4.78 is 0. The second kappa shape index (κ2) is 9.53. The van der Waals surface area contributed by atoms with Crippen molar-refractivity contribution >= 4 is 29.1 Å². The van der Waals surface area contributed by atoms with E-state index in [4.69, 9.17) is 11.6 Å². The topological polar surface area (TPSA) is 61.4 Å². The lowest BCUT2D eigenvalue weighted by molar-refractivity contribution is -0.135. The van der Waals surface area contributed by atoms with Crippen LogP contribution in [0.2, 0.25) is 5.02 Å². The summed E-state index contributed by atoms with van der Waals surface area (Å²) in [4.78, 5) is 26.2. The van der Waals surface area contributed by atoms with E-state index in [2.05, 4.69) is 10.6 Å². The Balaban J connectivity index is 1.88. The Morgan fingerprint density at radius 2 is 1.70 bits per heavy atom. The highest BCUT2D eigenvalue weighted by atomic mass is 35.5. The molecular formula is C21H26ClN3O2. The zero-order valence-electron chi connectivity index (χ0n) is 16.1. The van der Waals surface area contributed by atoms with Gasteiger partial charge in [0.05, 0.1) is 12.6 Å². The molecule has 0 bridgehead atoms. The monoisotopic (exact) mass is 387 g/mol. The quantitative estimate of drug-likeness (QED) is 0.759. The van der Waals surface area contributed by atoms with Gasteiger partial charge in [0, 0.05) is 23.8 Å². The molecule has 0 aliphatic heterocycles. The molecule has 2 N–H and O–H groups in total. The number of rotatable bonds is 7. The summed E-state index contributed by atoms with van der Waals surface area (Å²) in [5.74, 6) is -0.394. The molecule has 0 saturated heterocycles. The molecule has 2 rings (SSSR count). The molecule has 6 heteroatoms. The molecule has 0 fully saturated rings. The van der Waals surface area contributed by atoms with Crippen molar-refractivity contribution in [2.24, 2.45) is 0 Å². The third kappa shape index (κ3) is 6.08. The van der Waals surface area contributed by atoms with Gasteiger partial charge in [-0.2, -0.15) is 0 Å². The molecule has 2 aromatic rings. The fourth-order valence-corrected chi connectivity index (χ4v) is 3.12. The average Bonchev–Trinajstić information content (AvgIpc) is 2.63. The van der Waals surface area contributed by atoms with Gasteiger partial charge in [-0.1, -0.05) is 47.5 Å². The van der Waals surface area contributed by atoms with Crippen LogP contribution in [0, 0.1) is 6.92 Å². The first-order valence-electron chi connectivity index (χ1n) is 8.90. The summed E-state index contributed by atoms with van der Waals surface area (Å²) in [6.45, 7) is 5.70. The van der Waals surface area contributed by atoms with Crippen molar-refractivity contribution in [1.29, 1.82) is 0 Å². The minimum atomic E-state index is -0.451. The van der Waals surface area contributed by atoms with Crippen LogP contribution < -0.4 is 10.6 Å². The van der Waals surface area contributed by atoms with Gasteiger partial charge in [0.2, 0.25) is 11.8 Å². The number of carbonyl (C=O) groups is 2. The second-order valence-corrected chi connectivity index (χ2v) is 7.15. The molecular weight excluding hydrogens is 362 g/mol. The van der Waals surface area contributed by atoms with Crippen LogP contribution in [0.1, 0.15) is 31.0 Å². The van der Waals surface area contributed by atoms with Gasteiger partial charge in [-0.15, -0.1) is 0 Å². The fourth-order valence-electron chi connectivity index (χ4n) is 2.82. The van der Waals surface area contributed by atoms with Gasteiger partial charge in [0.1, 0.15) is 0 Å². The lowest BCUT2D eigenvalue weighted by Crippen LogP contribution is -2.46. The molecule has 0 heterocycles. The Morgan fingerprint density at radius 3 is 2.33 bits per heavy atom. The van der Waals surface area contributed by atoms with Crippen LogP contribution >= 0.6 is 11.6 Å². The highest BCUT2D eigenvalue weighted by Crippen LogP contribution is 2.22. The van der Waals surface area contributed by atoms with E-state index in [1.54, 1.807) is 14.0 Å². The number of likely N-dealkylation sites (N-methyl/N-ethyl adjacent to an activating group) is 1. The van der Waals surface area contributed by atoms with Gasteiger partial charge in [-0.25, -0.2) is 0 Å². The van der Waals surface area contributed by atoms with E-state index in [-0.39, 0.29) is 24.4 Å². The van der Waals surface area contributed by atoms with Crippen molar-refractivity contribution in [1.82, 2.24) is 10.2 Å². The molecule has 0 aliphatic carbocycles. The van der Waals surface area contributed by atoms with Crippen LogP contribution in [0.15, 0.2) is 48.5 Å². The number of anilines is 1. The molecule has 0 aromatic heterocycles. The molecule has 0 saturated carbocycles. The lowest BCUT2D eigenvalue weighted by Gasteiger charge is -2.25. The van der Waals surface area contributed by atoms with Crippen LogP contribution in [-0.2, 0) is 9.59 Å². The van der Waals surface area contributed by atoms with Crippen LogP contribution in [0.3, 0.4) is 0 Å². The van der Waals surface area contributed by atoms with E-state index in [0.29, 0.717) is 10.7 Å². The van der Waals surface area contributed by atoms with Crippen molar-refractivity contribution in [3.8, 4) is 0 Å². The van der Waals surface area contributed by atoms with E-state index in [1.807, 2.05) is 62.4 Å². The number of hydrogen-bond acceptors (Lipinski definition) is 3. The maximum atomic E-state index is 12.6. The maximum Gasteiger partial charge on any atom is 0.243 e. The number of halogens is 1. The zero-order chi connectivity index (χ0) is 20.0. The number of aryl methyl sites for hydroxylation is 1. The standard InChI is InChI=1S/C21H26ClN3O2/c1-14-9-11-17(12-10-14)24-20(26)13-25(4)21(27)16(3)23-15(2)18-7-5-6-8-19(18)22/h5-12,15-16,23H,13H2,1-4H3,(H,24,26)/t15-,16-/m0/s1. The zero-order valence-corrected chi connectivity index (χ0v) is 16.9. The summed E-state index contributed by atoms with van der Waals surface area (Å²) >= 11 is 6.21. The first-order valence-corrected chi connectivity index (χ1v) is 9.27. The summed E-state index contributed by atoms with van der Waals surface area (Å²) in [5, 5.41) is 6.69. The fraction of sp³-hybridized carbons (Fsp3) is 0.333. The molecule has 2 atom stereocenters. The normalized spacial score (nSPS) is 12.9. The van der Waals surface area contributed by atoms with Gasteiger partial charge in [-0.05, 0) is 44.5 Å². The number of carbonyl (C=O) groups excluding carboxylic acids is 2. The van der Waals surface area contributed by atoms with Crippen molar-refractivity contribution in [2.75, 3.05) is 18.9 Å². The minimum Gasteiger partial charge on any atom is -0.335 e. The third-order valence-corrected chi connectivity index (χ3v) is 4.68. The Morgan fingerprint density at radius 1 is 1.07 bits per heavy atom. The molecule has 5 nitrogen and oxygen atoms in total. The number of nitrogens with one attached hydrogen (secondary N) is 2. The number of benzene rings is 2. The number of amides is 2. The van der Waals surface area contributed by atoms with E-state index < -0.39 is 6.04 Å². The Bertz CT molecular complexity index is 792. The Labute approximate surface area is 165 Å². The van der Waals surface area contributed by atoms with Crippen molar-refractivity contribution in [2.45, 2.75) is 32.9 Å². The van der Waals surface area contributed by atoms with E-state index in [0.717, 1.165) is 11.1 Å². The average molecular weight is 388 g/mol. The van der Waals surface area contributed by atoms with Gasteiger partial charge in [0.25, 0.3) is 0 Å². The maximum absolute atomic E-state index is 12.6. The molecule has 144 valence electrons. The molecule has 0 aliphatic rings. The van der Waals surface area contributed by atoms with Gasteiger partial charge in [-0.3, -0.25) is 14.9 Å². The highest BCUT2D eigenvalue weighted by molar-refractivity contribution is 6.31. The SMILES string of the molecule is Cc1ccc(NC(=O)CN(C)C(=O)[C@H](C)N[C@@H](C)c2ccccc2Cl)cc1. The molecule has 0 radical (unpaired) electrons. The largest absolute Gasteiger partial charge is 0.335 e. The molecule has 0 spiro atoms. The van der Waals surface area contributed by atoms with E-state index >= 15 is 0 Å². The minimum absolute atomic E-state index is 0.0147. The van der Waals surface area contributed by atoms with E-state index in [9.17, 15) is 9.59 Å². The Hall–Kier alpha value is -2.37. The van der Waals surface area contributed by atoms with Gasteiger partial charge < -0.3 is 10.2 Å². The van der Waals surface area contributed by atoms with Gasteiger partial charge >= 0.3 is 0 Å². The first kappa shape index (κ1) is 20.9. The van der Waals surface area contributed by atoms with Crippen LogP contribution in [0.5, 0.6) is 0 Å². The number of nitrogens with zero attached hydrogens (tertiary/aromatic N) is 1.